The SMILES string of the molecule is Cc1ncc(Br)c(N)c1C=CC(=O)O. The van der Waals surface area contributed by atoms with Crippen molar-refractivity contribution in [1.29, 1.82) is 0 Å². The van der Waals surface area contributed by atoms with Gasteiger partial charge in [-0.05, 0) is 28.9 Å². The van der Waals surface area contributed by atoms with Crippen LogP contribution in [0.2, 0.25) is 0 Å². The highest BCUT2D eigenvalue weighted by atomic mass is 79.9. The number of pyridine rings is 1. The maximum Gasteiger partial charge on any atom is 0.328 e. The third-order valence-corrected chi connectivity index (χ3v) is 2.33. The molecule has 3 N–H and O–H groups in total. The first-order valence-electron chi connectivity index (χ1n) is 3.84. The Hall–Kier alpha value is -1.36. The molecule has 0 saturated carbocycles. The molecule has 1 rings (SSSR count). The lowest BCUT2D eigenvalue weighted by Crippen LogP contribution is -1.97. The second-order valence-electron chi connectivity index (χ2n) is 2.69. The monoisotopic (exact) mass is 256 g/mol. The lowest BCUT2D eigenvalue weighted by atomic mass is 10.1. The van der Waals surface area contributed by atoms with Crippen molar-refractivity contribution in [3.8, 4) is 0 Å². The topological polar surface area (TPSA) is 76.2 Å². The van der Waals surface area contributed by atoms with Crippen molar-refractivity contribution in [1.82, 2.24) is 4.98 Å². The number of halogens is 1. The van der Waals surface area contributed by atoms with Crippen LogP contribution in [0.3, 0.4) is 0 Å². The zero-order chi connectivity index (χ0) is 10.7. The molecule has 74 valence electrons. The van der Waals surface area contributed by atoms with Crippen LogP contribution >= 0.6 is 15.9 Å². The molecule has 0 radical (unpaired) electrons. The molecule has 1 heterocycles. The molecule has 0 bridgehead atoms. The largest absolute Gasteiger partial charge is 0.478 e. The molecule has 0 aromatic carbocycles. The van der Waals surface area contributed by atoms with Crippen molar-refractivity contribution in [3.63, 3.8) is 0 Å². The molecule has 4 nitrogen and oxygen atoms in total. The molecule has 0 fully saturated rings. The number of aliphatic carboxylic acids is 1. The van der Waals surface area contributed by atoms with Gasteiger partial charge in [0.25, 0.3) is 0 Å². The van der Waals surface area contributed by atoms with Gasteiger partial charge in [-0.2, -0.15) is 0 Å². The summed E-state index contributed by atoms with van der Waals surface area (Å²) >= 11 is 3.22. The highest BCUT2D eigenvalue weighted by Gasteiger charge is 2.05. The van der Waals surface area contributed by atoms with Gasteiger partial charge in [0.1, 0.15) is 0 Å². The Balaban J connectivity index is 3.19. The fraction of sp³-hybridized carbons (Fsp3) is 0.111. The normalized spacial score (nSPS) is 10.7. The highest BCUT2D eigenvalue weighted by molar-refractivity contribution is 9.10. The van der Waals surface area contributed by atoms with E-state index in [9.17, 15) is 4.79 Å². The van der Waals surface area contributed by atoms with Gasteiger partial charge < -0.3 is 10.8 Å². The van der Waals surface area contributed by atoms with Gasteiger partial charge in [-0.1, -0.05) is 0 Å². The minimum absolute atomic E-state index is 0.495. The Morgan fingerprint density at radius 3 is 2.93 bits per heavy atom. The van der Waals surface area contributed by atoms with Crippen LogP contribution in [-0.4, -0.2) is 16.1 Å². The van der Waals surface area contributed by atoms with Crippen LogP contribution < -0.4 is 5.73 Å². The first-order valence-corrected chi connectivity index (χ1v) is 4.63. The molecular weight excluding hydrogens is 248 g/mol. The van der Waals surface area contributed by atoms with Gasteiger partial charge in [-0.3, -0.25) is 4.98 Å². The van der Waals surface area contributed by atoms with Gasteiger partial charge in [0.2, 0.25) is 0 Å². The maximum atomic E-state index is 10.3. The van der Waals surface area contributed by atoms with E-state index in [-0.39, 0.29) is 0 Å². The Morgan fingerprint density at radius 1 is 1.71 bits per heavy atom. The zero-order valence-electron chi connectivity index (χ0n) is 7.49. The van der Waals surface area contributed by atoms with Crippen molar-refractivity contribution < 1.29 is 9.90 Å². The summed E-state index contributed by atoms with van der Waals surface area (Å²) in [6.45, 7) is 1.77. The summed E-state index contributed by atoms with van der Waals surface area (Å²) in [6, 6.07) is 0. The van der Waals surface area contributed by atoms with Gasteiger partial charge >= 0.3 is 5.97 Å². The molecule has 0 aliphatic heterocycles. The van der Waals surface area contributed by atoms with Crippen molar-refractivity contribution in [3.05, 3.63) is 28.0 Å². The predicted octanol–water partition coefficient (Wildman–Crippen LogP) is 1.83. The Labute approximate surface area is 89.6 Å². The summed E-state index contributed by atoms with van der Waals surface area (Å²) in [5.74, 6) is -1.01. The minimum atomic E-state index is -1.01. The smallest absolute Gasteiger partial charge is 0.328 e. The van der Waals surface area contributed by atoms with Gasteiger partial charge in [-0.25, -0.2) is 4.79 Å². The van der Waals surface area contributed by atoms with Crippen molar-refractivity contribution in [2.75, 3.05) is 5.73 Å². The van der Waals surface area contributed by atoms with Crippen LogP contribution in [0.4, 0.5) is 5.69 Å². The third kappa shape index (κ3) is 2.32. The number of carboxylic acids is 1. The Bertz CT molecular complexity index is 402. The first kappa shape index (κ1) is 10.7. The first-order chi connectivity index (χ1) is 6.52. The fourth-order valence-electron chi connectivity index (χ4n) is 0.981. The zero-order valence-corrected chi connectivity index (χ0v) is 9.08. The van der Waals surface area contributed by atoms with Crippen LogP contribution in [0.5, 0.6) is 0 Å². The van der Waals surface area contributed by atoms with Gasteiger partial charge in [0, 0.05) is 23.5 Å². The average Bonchev–Trinajstić information content (AvgIpc) is 2.11. The molecule has 5 heteroatoms. The van der Waals surface area contributed by atoms with Crippen LogP contribution in [0.1, 0.15) is 11.3 Å². The van der Waals surface area contributed by atoms with Crippen LogP contribution in [-0.2, 0) is 4.79 Å². The van der Waals surface area contributed by atoms with Crippen molar-refractivity contribution >= 4 is 33.7 Å². The van der Waals surface area contributed by atoms with E-state index < -0.39 is 5.97 Å². The lowest BCUT2D eigenvalue weighted by molar-refractivity contribution is -0.131. The number of nitrogens with zero attached hydrogens (tertiary/aromatic N) is 1. The quantitative estimate of drug-likeness (QED) is 0.792. The molecule has 0 saturated heterocycles. The molecule has 0 spiro atoms. The molecule has 14 heavy (non-hydrogen) atoms. The summed E-state index contributed by atoms with van der Waals surface area (Å²) in [7, 11) is 0. The minimum Gasteiger partial charge on any atom is -0.478 e. The lowest BCUT2D eigenvalue weighted by Gasteiger charge is -2.05. The maximum absolute atomic E-state index is 10.3. The highest BCUT2D eigenvalue weighted by Crippen LogP contribution is 2.25. The second kappa shape index (κ2) is 4.23. The van der Waals surface area contributed by atoms with Gasteiger partial charge in [-0.15, -0.1) is 0 Å². The molecule has 1 aromatic rings. The van der Waals surface area contributed by atoms with E-state index in [2.05, 4.69) is 20.9 Å². The number of nitrogen functional groups attached to an aromatic ring is 1. The van der Waals surface area contributed by atoms with Gasteiger partial charge in [0.05, 0.1) is 10.2 Å². The van der Waals surface area contributed by atoms with E-state index in [1.54, 1.807) is 13.1 Å². The summed E-state index contributed by atoms with van der Waals surface area (Å²) < 4.78 is 0.660. The number of nitrogens with two attached hydrogens (primary N) is 1. The van der Waals surface area contributed by atoms with Crippen LogP contribution in [0.15, 0.2) is 16.7 Å². The summed E-state index contributed by atoms with van der Waals surface area (Å²) in [6.07, 6.45) is 4.06. The van der Waals surface area contributed by atoms with Crippen molar-refractivity contribution in [2.24, 2.45) is 0 Å². The van der Waals surface area contributed by atoms with E-state index in [0.717, 1.165) is 6.08 Å². The second-order valence-corrected chi connectivity index (χ2v) is 3.54. The molecular formula is C9H9BrN2O2. The van der Waals surface area contributed by atoms with E-state index in [1.165, 1.54) is 6.08 Å². The van der Waals surface area contributed by atoms with E-state index in [4.69, 9.17) is 10.8 Å². The van der Waals surface area contributed by atoms with Crippen molar-refractivity contribution in [2.45, 2.75) is 6.92 Å². The summed E-state index contributed by atoms with van der Waals surface area (Å²) in [5.41, 5.74) is 7.56. The number of aryl methyl sites for hydroxylation is 1. The van der Waals surface area contributed by atoms with E-state index in [1.807, 2.05) is 0 Å². The summed E-state index contributed by atoms with van der Waals surface area (Å²) in [5, 5.41) is 8.47. The van der Waals surface area contributed by atoms with Crippen LogP contribution in [0.25, 0.3) is 6.08 Å². The molecule has 0 unspecified atom stereocenters. The standard InChI is InChI=1S/C9H9BrN2O2/c1-5-6(2-3-8(13)14)9(11)7(10)4-12-5/h2-4H,1H3,(H2,11,12)(H,13,14). The molecule has 0 atom stereocenters. The number of carboxylic acid groups (broad SMARTS) is 1. The summed E-state index contributed by atoms with van der Waals surface area (Å²) in [4.78, 5) is 14.4. The molecule has 0 aliphatic rings. The number of anilines is 1. The number of hydrogen-bond acceptors (Lipinski definition) is 3. The average molecular weight is 257 g/mol. The van der Waals surface area contributed by atoms with Gasteiger partial charge in [0.15, 0.2) is 0 Å². The Kier molecular flexibility index (Phi) is 3.24. The van der Waals surface area contributed by atoms with Crippen LogP contribution in [0, 0.1) is 6.92 Å². The number of aromatic nitrogens is 1. The number of rotatable bonds is 2. The Morgan fingerprint density at radius 2 is 2.36 bits per heavy atom. The fourth-order valence-corrected chi connectivity index (χ4v) is 1.30. The van der Waals surface area contributed by atoms with E-state index in [0.29, 0.717) is 21.4 Å². The molecule has 0 amide bonds. The molecule has 1 aromatic heterocycles. The predicted molar refractivity (Wildman–Crippen MR) is 57.8 cm³/mol. The number of carbonyl (C=O) groups is 1. The molecule has 0 aliphatic carbocycles. The van der Waals surface area contributed by atoms with E-state index >= 15 is 0 Å². The number of hydrogen-bond donors (Lipinski definition) is 2. The third-order valence-electron chi connectivity index (χ3n) is 1.70.